The van der Waals surface area contributed by atoms with Crippen LogP contribution in [0.15, 0.2) is 24.4 Å². The average Bonchev–Trinajstić information content (AvgIpc) is 2.60. The second kappa shape index (κ2) is 4.07. The van der Waals surface area contributed by atoms with E-state index < -0.39 is 6.50 Å². The highest BCUT2D eigenvalue weighted by Gasteiger charge is 2.03. The summed E-state index contributed by atoms with van der Waals surface area (Å²) in [6, 6.07) is 6.20. The van der Waals surface area contributed by atoms with Gasteiger partial charge in [0, 0.05) is 26.3 Å². The van der Waals surface area contributed by atoms with Crippen LogP contribution < -0.4 is 0 Å². The number of hydrogen-bond donors (Lipinski definition) is 1. The van der Waals surface area contributed by atoms with E-state index >= 15 is 0 Å². The molecule has 0 fully saturated rings. The molecule has 1 aromatic carbocycles. The summed E-state index contributed by atoms with van der Waals surface area (Å²) in [4.78, 5) is 4.80. The van der Waals surface area contributed by atoms with Crippen molar-refractivity contribution in [2.45, 2.75) is 13.3 Å². The lowest BCUT2D eigenvalue weighted by molar-refractivity contribution is 0.414. The Balaban J connectivity index is 2.40. The fourth-order valence-electron chi connectivity index (χ4n) is 1.68. The van der Waals surface area contributed by atoms with Crippen molar-refractivity contribution in [2.24, 2.45) is 0 Å². The number of hydrogen-bond acceptors (Lipinski definition) is 1. The summed E-state index contributed by atoms with van der Waals surface area (Å²) >= 11 is 0. The molecule has 0 saturated carbocycles. The van der Waals surface area contributed by atoms with Crippen molar-refractivity contribution in [3.05, 3.63) is 35.5 Å². The standard InChI is InChI=1S/C13H18N2/c1-10-4-5-13-12(8-10)11(9-14-13)6-7-15(2)3/h4-5,8-9,14H,6-7H2,1-3H3/i7D2. The van der Waals surface area contributed by atoms with Crippen molar-refractivity contribution in [3.8, 4) is 0 Å². The SMILES string of the molecule is [2H]C([2H])(Cc1c[nH]c2ccc(C)cc12)N(C)C. The number of aromatic amines is 1. The van der Waals surface area contributed by atoms with Crippen molar-refractivity contribution in [1.82, 2.24) is 9.88 Å². The maximum atomic E-state index is 7.96. The van der Waals surface area contributed by atoms with Crippen LogP contribution in [0.1, 0.15) is 13.9 Å². The number of aromatic nitrogens is 1. The van der Waals surface area contributed by atoms with Crippen LogP contribution in [0.2, 0.25) is 0 Å². The van der Waals surface area contributed by atoms with Gasteiger partial charge in [0.25, 0.3) is 0 Å². The summed E-state index contributed by atoms with van der Waals surface area (Å²) in [5, 5.41) is 1.12. The molecule has 0 aliphatic heterocycles. The second-order valence-corrected chi connectivity index (χ2v) is 4.09. The highest BCUT2D eigenvalue weighted by Crippen LogP contribution is 2.19. The minimum Gasteiger partial charge on any atom is -0.361 e. The molecule has 1 aromatic heterocycles. The molecule has 0 spiro atoms. The van der Waals surface area contributed by atoms with Crippen molar-refractivity contribution in [3.63, 3.8) is 0 Å². The molecule has 2 heteroatoms. The Labute approximate surface area is 93.7 Å². The third-order valence-electron chi connectivity index (χ3n) is 2.51. The molecule has 0 unspecified atom stereocenters. The molecule has 0 amide bonds. The van der Waals surface area contributed by atoms with E-state index in [0.717, 1.165) is 16.5 Å². The zero-order valence-electron chi connectivity index (χ0n) is 11.5. The Morgan fingerprint density at radius 3 is 2.93 bits per heavy atom. The maximum Gasteiger partial charge on any atom is 0.0456 e. The van der Waals surface area contributed by atoms with E-state index in [0.29, 0.717) is 6.42 Å². The van der Waals surface area contributed by atoms with E-state index in [4.69, 9.17) is 2.74 Å². The second-order valence-electron chi connectivity index (χ2n) is 4.09. The van der Waals surface area contributed by atoms with Crippen LogP contribution in [0, 0.1) is 6.92 Å². The first-order valence-electron chi connectivity index (χ1n) is 6.14. The van der Waals surface area contributed by atoms with Crippen LogP contribution in [0.25, 0.3) is 10.9 Å². The smallest absolute Gasteiger partial charge is 0.0456 e. The summed E-state index contributed by atoms with van der Waals surface area (Å²) in [5.41, 5.74) is 3.30. The fraction of sp³-hybridized carbons (Fsp3) is 0.385. The molecule has 0 radical (unpaired) electrons. The van der Waals surface area contributed by atoms with Crippen LogP contribution in [0.5, 0.6) is 0 Å². The van der Waals surface area contributed by atoms with Gasteiger partial charge in [-0.1, -0.05) is 11.6 Å². The Morgan fingerprint density at radius 1 is 1.40 bits per heavy atom. The quantitative estimate of drug-likeness (QED) is 0.814. The minimum absolute atomic E-state index is 0.392. The lowest BCUT2D eigenvalue weighted by Gasteiger charge is -2.08. The first-order valence-corrected chi connectivity index (χ1v) is 5.14. The minimum atomic E-state index is -1.32. The fourth-order valence-corrected chi connectivity index (χ4v) is 1.68. The molecular formula is C13H18N2. The number of H-pyrrole nitrogens is 1. The number of fused-ring (bicyclic) bond motifs is 1. The average molecular weight is 204 g/mol. The van der Waals surface area contributed by atoms with E-state index in [1.165, 1.54) is 5.56 Å². The summed E-state index contributed by atoms with van der Waals surface area (Å²) in [7, 11) is 3.53. The molecule has 0 saturated heterocycles. The topological polar surface area (TPSA) is 19.0 Å². The molecule has 0 aliphatic rings. The molecule has 2 rings (SSSR count). The van der Waals surface area contributed by atoms with Crippen LogP contribution in [-0.2, 0) is 6.42 Å². The summed E-state index contributed by atoms with van der Waals surface area (Å²) in [6.07, 6.45) is 2.30. The molecule has 0 atom stereocenters. The highest BCUT2D eigenvalue weighted by molar-refractivity contribution is 5.83. The predicted octanol–water partition coefficient (Wildman–Crippen LogP) is 2.58. The van der Waals surface area contributed by atoms with Crippen molar-refractivity contribution in [2.75, 3.05) is 20.6 Å². The Kier molecular flexibility index (Phi) is 2.15. The van der Waals surface area contributed by atoms with Crippen molar-refractivity contribution < 1.29 is 2.74 Å². The molecular weight excluding hydrogens is 184 g/mol. The van der Waals surface area contributed by atoms with Gasteiger partial charge < -0.3 is 9.88 Å². The van der Waals surface area contributed by atoms with E-state index in [2.05, 4.69) is 24.0 Å². The molecule has 1 heterocycles. The van der Waals surface area contributed by atoms with Crippen LogP contribution in [-0.4, -0.2) is 30.5 Å². The summed E-state index contributed by atoms with van der Waals surface area (Å²) in [6.45, 7) is 0.732. The predicted molar refractivity (Wildman–Crippen MR) is 65.3 cm³/mol. The molecule has 0 bridgehead atoms. The zero-order chi connectivity index (χ0) is 12.6. The number of nitrogens with zero attached hydrogens (tertiary/aromatic N) is 1. The molecule has 1 N–H and O–H groups in total. The third kappa shape index (κ3) is 2.21. The Bertz CT molecular complexity index is 529. The van der Waals surface area contributed by atoms with Gasteiger partial charge in [0.2, 0.25) is 0 Å². The first-order chi connectivity index (χ1) is 7.90. The van der Waals surface area contributed by atoms with Crippen molar-refractivity contribution in [1.29, 1.82) is 0 Å². The monoisotopic (exact) mass is 204 g/mol. The number of nitrogens with one attached hydrogen (secondary N) is 1. The third-order valence-corrected chi connectivity index (χ3v) is 2.51. The number of benzene rings is 1. The molecule has 80 valence electrons. The van der Waals surface area contributed by atoms with Gasteiger partial charge in [-0.3, -0.25) is 0 Å². The number of likely N-dealkylation sites (N-methyl/N-ethyl adjacent to an activating group) is 1. The normalized spacial score (nSPS) is 14.4. The van der Waals surface area contributed by atoms with Gasteiger partial charge in [0.15, 0.2) is 0 Å². The molecule has 2 nitrogen and oxygen atoms in total. The summed E-state index contributed by atoms with van der Waals surface area (Å²) in [5.74, 6) is 0. The van der Waals surface area contributed by atoms with E-state index in [-0.39, 0.29) is 0 Å². The zero-order valence-corrected chi connectivity index (χ0v) is 9.46. The van der Waals surface area contributed by atoms with Gasteiger partial charge in [-0.15, -0.1) is 0 Å². The highest BCUT2D eigenvalue weighted by atomic mass is 15.0. The first kappa shape index (κ1) is 7.94. The largest absolute Gasteiger partial charge is 0.361 e. The molecule has 0 aliphatic carbocycles. The Morgan fingerprint density at radius 2 is 2.20 bits per heavy atom. The van der Waals surface area contributed by atoms with Gasteiger partial charge in [-0.2, -0.15) is 0 Å². The molecule has 15 heavy (non-hydrogen) atoms. The molecule has 2 aromatic rings. The number of rotatable bonds is 3. The van der Waals surface area contributed by atoms with Gasteiger partial charge in [-0.05, 0) is 45.1 Å². The maximum absolute atomic E-state index is 7.96. The van der Waals surface area contributed by atoms with E-state index in [9.17, 15) is 0 Å². The van der Waals surface area contributed by atoms with E-state index in [1.807, 2.05) is 12.3 Å². The van der Waals surface area contributed by atoms with Gasteiger partial charge in [0.1, 0.15) is 0 Å². The van der Waals surface area contributed by atoms with Gasteiger partial charge in [-0.25, -0.2) is 0 Å². The van der Waals surface area contributed by atoms with Crippen LogP contribution in [0.3, 0.4) is 0 Å². The lowest BCUT2D eigenvalue weighted by atomic mass is 10.1. The van der Waals surface area contributed by atoms with Crippen LogP contribution in [0.4, 0.5) is 0 Å². The van der Waals surface area contributed by atoms with Crippen LogP contribution >= 0.6 is 0 Å². The Hall–Kier alpha value is -1.28. The number of aryl methyl sites for hydroxylation is 2. The summed E-state index contributed by atoms with van der Waals surface area (Å²) < 4.78 is 15.9. The van der Waals surface area contributed by atoms with Gasteiger partial charge in [0.05, 0.1) is 0 Å². The lowest BCUT2D eigenvalue weighted by Crippen LogP contribution is -2.14. The van der Waals surface area contributed by atoms with E-state index in [1.54, 1.807) is 19.0 Å². The van der Waals surface area contributed by atoms with Gasteiger partial charge >= 0.3 is 0 Å². The van der Waals surface area contributed by atoms with Crippen molar-refractivity contribution >= 4 is 10.9 Å².